The summed E-state index contributed by atoms with van der Waals surface area (Å²) < 4.78 is 33.8. The third-order valence-corrected chi connectivity index (χ3v) is 6.28. The molecule has 0 spiro atoms. The lowest BCUT2D eigenvalue weighted by atomic mass is 10.2. The summed E-state index contributed by atoms with van der Waals surface area (Å²) >= 11 is 0. The van der Waals surface area contributed by atoms with Crippen LogP contribution in [0.15, 0.2) is 30.6 Å². The van der Waals surface area contributed by atoms with Gasteiger partial charge < -0.3 is 10.1 Å². The van der Waals surface area contributed by atoms with Crippen LogP contribution in [0.4, 0.5) is 25.1 Å². The average molecular weight is 483 g/mol. The number of anilines is 2. The molecule has 5 rings (SSSR count). The van der Waals surface area contributed by atoms with E-state index in [1.165, 1.54) is 30.6 Å². The molecule has 0 radical (unpaired) electrons. The summed E-state index contributed by atoms with van der Waals surface area (Å²) in [5.41, 5.74) is 1.04. The summed E-state index contributed by atoms with van der Waals surface area (Å²) in [4.78, 5) is 32.5. The maximum atomic E-state index is 13.9. The Morgan fingerprint density at radius 1 is 1.17 bits per heavy atom. The van der Waals surface area contributed by atoms with Gasteiger partial charge in [-0.15, -0.1) is 5.10 Å². The number of halogens is 2. The van der Waals surface area contributed by atoms with Crippen molar-refractivity contribution in [1.29, 1.82) is 0 Å². The first-order valence-corrected chi connectivity index (χ1v) is 11.3. The van der Waals surface area contributed by atoms with Crippen LogP contribution < -0.4 is 10.6 Å². The minimum atomic E-state index is -1.10. The van der Waals surface area contributed by atoms with E-state index in [-0.39, 0.29) is 28.9 Å². The molecule has 35 heavy (non-hydrogen) atoms. The molecule has 2 N–H and O–H groups in total. The Balaban J connectivity index is 1.23. The zero-order chi connectivity index (χ0) is 24.7. The normalized spacial score (nSPS) is 19.7. The van der Waals surface area contributed by atoms with Crippen LogP contribution >= 0.6 is 0 Å². The maximum Gasteiger partial charge on any atom is 0.413 e. The third kappa shape index (κ3) is 4.96. The first kappa shape index (κ1) is 22.8. The largest absolute Gasteiger partial charge is 0.441 e. The van der Waals surface area contributed by atoms with Crippen molar-refractivity contribution in [3.05, 3.63) is 47.9 Å². The molecule has 3 atom stereocenters. The molecular weight excluding hydrogens is 460 g/mol. The molecule has 2 saturated carbocycles. The molecule has 2 amide bonds. The Bertz CT molecular complexity index is 1280. The van der Waals surface area contributed by atoms with Gasteiger partial charge in [-0.25, -0.2) is 18.9 Å². The van der Waals surface area contributed by atoms with Gasteiger partial charge in [-0.05, 0) is 56.2 Å². The third-order valence-electron chi connectivity index (χ3n) is 6.28. The highest BCUT2D eigenvalue weighted by atomic mass is 19.1. The van der Waals surface area contributed by atoms with E-state index in [1.54, 1.807) is 19.2 Å². The molecule has 3 heterocycles. The van der Waals surface area contributed by atoms with E-state index in [2.05, 4.69) is 30.9 Å². The van der Waals surface area contributed by atoms with E-state index < -0.39 is 24.0 Å². The fourth-order valence-corrected chi connectivity index (χ4v) is 4.15. The van der Waals surface area contributed by atoms with E-state index in [9.17, 15) is 18.4 Å². The lowest BCUT2D eigenvalue weighted by Crippen LogP contribution is -2.19. The Labute approximate surface area is 199 Å². The highest BCUT2D eigenvalue weighted by Gasteiger charge is 2.51. The fraction of sp³-hybridized carbons (Fsp3) is 0.391. The number of hydrogen-bond acceptors (Lipinski definition) is 7. The van der Waals surface area contributed by atoms with E-state index in [0.717, 1.165) is 18.7 Å². The monoisotopic (exact) mass is 483 g/mol. The van der Waals surface area contributed by atoms with Crippen molar-refractivity contribution in [2.75, 3.05) is 10.6 Å². The first-order valence-electron chi connectivity index (χ1n) is 11.3. The molecule has 0 saturated heterocycles. The van der Waals surface area contributed by atoms with Crippen LogP contribution in [-0.2, 0) is 16.6 Å². The zero-order valence-electron chi connectivity index (χ0n) is 19.0. The van der Waals surface area contributed by atoms with Gasteiger partial charge in [0.15, 0.2) is 11.5 Å². The summed E-state index contributed by atoms with van der Waals surface area (Å²) in [7, 11) is 1.56. The molecule has 0 bridgehead atoms. The van der Waals surface area contributed by atoms with Crippen LogP contribution in [0.1, 0.15) is 37.9 Å². The Morgan fingerprint density at radius 3 is 2.69 bits per heavy atom. The SMILES string of the molecule is C[C@@H](OC(=O)Nc1c(-c2ccc(NC(=O)[C@@H]3C[C@H]3C3CC3)cn2)nnn1C)c1cc(F)cnc1F. The molecule has 2 aliphatic carbocycles. The van der Waals surface area contributed by atoms with Crippen LogP contribution in [0.3, 0.4) is 0 Å². The van der Waals surface area contributed by atoms with Gasteiger partial charge in [0.2, 0.25) is 11.9 Å². The van der Waals surface area contributed by atoms with Gasteiger partial charge in [0.05, 0.1) is 29.3 Å². The van der Waals surface area contributed by atoms with Gasteiger partial charge in [-0.3, -0.25) is 15.1 Å². The van der Waals surface area contributed by atoms with Crippen molar-refractivity contribution in [1.82, 2.24) is 25.0 Å². The predicted octanol–water partition coefficient (Wildman–Crippen LogP) is 3.84. The molecule has 0 aliphatic heterocycles. The van der Waals surface area contributed by atoms with Gasteiger partial charge in [0.25, 0.3) is 0 Å². The zero-order valence-corrected chi connectivity index (χ0v) is 19.0. The topological polar surface area (TPSA) is 124 Å². The van der Waals surface area contributed by atoms with Gasteiger partial charge in [0, 0.05) is 13.0 Å². The fourth-order valence-electron chi connectivity index (χ4n) is 4.15. The van der Waals surface area contributed by atoms with E-state index >= 15 is 0 Å². The number of rotatable bonds is 7. The van der Waals surface area contributed by atoms with E-state index in [0.29, 0.717) is 23.2 Å². The number of hydrogen-bond donors (Lipinski definition) is 2. The molecule has 0 aromatic carbocycles. The van der Waals surface area contributed by atoms with E-state index in [4.69, 9.17) is 4.74 Å². The minimum Gasteiger partial charge on any atom is -0.441 e. The smallest absolute Gasteiger partial charge is 0.413 e. The molecular formula is C23H23F2N7O3. The Morgan fingerprint density at radius 2 is 1.97 bits per heavy atom. The second kappa shape index (κ2) is 9.01. The van der Waals surface area contributed by atoms with Crippen molar-refractivity contribution >= 4 is 23.5 Å². The number of carbonyl (C=O) groups excluding carboxylic acids is 2. The molecule has 182 valence electrons. The van der Waals surface area contributed by atoms with Crippen molar-refractivity contribution < 1.29 is 23.1 Å². The maximum absolute atomic E-state index is 13.9. The lowest BCUT2D eigenvalue weighted by Gasteiger charge is -2.15. The van der Waals surface area contributed by atoms with Crippen LogP contribution in [-0.4, -0.2) is 37.0 Å². The summed E-state index contributed by atoms with van der Waals surface area (Å²) in [5.74, 6) is -0.158. The average Bonchev–Trinajstić information content (AvgIpc) is 3.73. The van der Waals surface area contributed by atoms with Crippen LogP contribution in [0, 0.1) is 29.5 Å². The molecule has 2 fully saturated rings. The molecule has 10 nitrogen and oxygen atoms in total. The van der Waals surface area contributed by atoms with Gasteiger partial charge in [0.1, 0.15) is 11.9 Å². The van der Waals surface area contributed by atoms with Gasteiger partial charge in [-0.1, -0.05) is 5.21 Å². The quantitative estimate of drug-likeness (QED) is 0.489. The Kier molecular flexibility index (Phi) is 5.87. The highest BCUT2D eigenvalue weighted by molar-refractivity contribution is 5.94. The summed E-state index contributed by atoms with van der Waals surface area (Å²) in [6.45, 7) is 1.39. The standard InChI is InChI=1S/C23H23F2N7O3/c1-11(15-7-13(24)9-27-20(15)25)35-23(34)29-21-19(30-31-32(21)2)18-6-5-14(10-26-18)28-22(33)17-8-16(17)12-3-4-12/h5-7,9-12,16-17H,3-4,8H2,1-2H3,(H,28,33)(H,29,34)/t11-,16+,17-/m1/s1. The number of nitrogens with zero attached hydrogens (tertiary/aromatic N) is 5. The predicted molar refractivity (Wildman–Crippen MR) is 120 cm³/mol. The van der Waals surface area contributed by atoms with Crippen molar-refractivity contribution in [3.63, 3.8) is 0 Å². The van der Waals surface area contributed by atoms with Gasteiger partial charge in [-0.2, -0.15) is 4.39 Å². The van der Waals surface area contributed by atoms with Crippen molar-refractivity contribution in [2.45, 2.75) is 32.3 Å². The van der Waals surface area contributed by atoms with Crippen molar-refractivity contribution in [3.8, 4) is 11.4 Å². The lowest BCUT2D eigenvalue weighted by molar-refractivity contribution is -0.117. The molecule has 3 aromatic rings. The number of pyridine rings is 2. The number of aryl methyl sites for hydroxylation is 1. The second-order valence-corrected chi connectivity index (χ2v) is 8.88. The summed E-state index contributed by atoms with van der Waals surface area (Å²) in [6.07, 6.45) is 3.63. The van der Waals surface area contributed by atoms with Crippen LogP contribution in [0.5, 0.6) is 0 Å². The number of amides is 2. The summed E-state index contributed by atoms with van der Waals surface area (Å²) in [6, 6.07) is 4.27. The van der Waals surface area contributed by atoms with Gasteiger partial charge >= 0.3 is 6.09 Å². The molecule has 0 unspecified atom stereocenters. The van der Waals surface area contributed by atoms with Crippen molar-refractivity contribution in [2.24, 2.45) is 24.8 Å². The van der Waals surface area contributed by atoms with E-state index in [1.807, 2.05) is 0 Å². The molecule has 12 heteroatoms. The number of carbonyl (C=O) groups is 2. The summed E-state index contributed by atoms with van der Waals surface area (Å²) in [5, 5.41) is 13.4. The highest BCUT2D eigenvalue weighted by Crippen LogP contribution is 2.54. The second-order valence-electron chi connectivity index (χ2n) is 8.88. The van der Waals surface area contributed by atoms with Crippen LogP contribution in [0.25, 0.3) is 11.4 Å². The first-order chi connectivity index (χ1) is 16.8. The molecule has 3 aromatic heterocycles. The number of aromatic nitrogens is 5. The number of ether oxygens (including phenoxy) is 1. The number of nitrogens with one attached hydrogen (secondary N) is 2. The Hall–Kier alpha value is -3.96. The minimum absolute atomic E-state index is 0.0140. The van der Waals surface area contributed by atoms with Crippen LogP contribution in [0.2, 0.25) is 0 Å². The molecule has 2 aliphatic rings.